The van der Waals surface area contributed by atoms with Crippen molar-refractivity contribution >= 4 is 11.5 Å². The van der Waals surface area contributed by atoms with Crippen LogP contribution in [0, 0.1) is 24.0 Å². The first-order valence-corrected chi connectivity index (χ1v) is 5.70. The third-order valence-electron chi connectivity index (χ3n) is 2.48. The zero-order valence-electron chi connectivity index (χ0n) is 10.6. The third-order valence-corrected chi connectivity index (χ3v) is 2.48. The van der Waals surface area contributed by atoms with Gasteiger partial charge in [0.25, 0.3) is 5.69 Å². The molecule has 0 amide bonds. The van der Waals surface area contributed by atoms with Gasteiger partial charge < -0.3 is 9.84 Å². The maximum Gasteiger partial charge on any atom is 0.287 e. The second kappa shape index (κ2) is 5.42. The van der Waals surface area contributed by atoms with Gasteiger partial charge in [-0.2, -0.15) is 4.98 Å². The summed E-state index contributed by atoms with van der Waals surface area (Å²) in [6.07, 6.45) is 1.80. The predicted molar refractivity (Wildman–Crippen MR) is 66.9 cm³/mol. The van der Waals surface area contributed by atoms with Crippen LogP contribution in [0.4, 0.5) is 11.5 Å². The normalized spacial score (nSPS) is 10.4. The lowest BCUT2D eigenvalue weighted by Gasteiger charge is -2.06. The van der Waals surface area contributed by atoms with E-state index in [2.05, 4.69) is 20.4 Å². The fourth-order valence-corrected chi connectivity index (χ4v) is 1.57. The van der Waals surface area contributed by atoms with Gasteiger partial charge in [0.05, 0.1) is 4.92 Å². The fraction of sp³-hybridized carbons (Fsp3) is 0.364. The van der Waals surface area contributed by atoms with E-state index in [9.17, 15) is 10.1 Å². The molecule has 0 aliphatic carbocycles. The van der Waals surface area contributed by atoms with Crippen LogP contribution in [-0.2, 0) is 6.42 Å². The summed E-state index contributed by atoms with van der Waals surface area (Å²) < 4.78 is 4.97. The Kier molecular flexibility index (Phi) is 3.69. The minimum Gasteiger partial charge on any atom is -0.369 e. The lowest BCUT2D eigenvalue weighted by Crippen LogP contribution is -2.08. The van der Waals surface area contributed by atoms with Crippen LogP contribution in [0.3, 0.4) is 0 Å². The van der Waals surface area contributed by atoms with E-state index < -0.39 is 4.92 Å². The van der Waals surface area contributed by atoms with Crippen molar-refractivity contribution < 1.29 is 9.45 Å². The average Bonchev–Trinajstić information content (AvgIpc) is 2.77. The molecule has 0 fully saturated rings. The monoisotopic (exact) mass is 263 g/mol. The van der Waals surface area contributed by atoms with E-state index in [-0.39, 0.29) is 5.69 Å². The predicted octanol–water partition coefficient (Wildman–Crippen LogP) is 1.64. The van der Waals surface area contributed by atoms with E-state index in [1.54, 1.807) is 13.8 Å². The van der Waals surface area contributed by atoms with Crippen molar-refractivity contribution in [2.45, 2.75) is 20.3 Å². The van der Waals surface area contributed by atoms with Crippen molar-refractivity contribution in [2.75, 3.05) is 11.9 Å². The van der Waals surface area contributed by atoms with Gasteiger partial charge in [0.2, 0.25) is 5.89 Å². The lowest BCUT2D eigenvalue weighted by molar-refractivity contribution is -0.385. The third kappa shape index (κ3) is 3.24. The van der Waals surface area contributed by atoms with Crippen LogP contribution in [0.5, 0.6) is 0 Å². The van der Waals surface area contributed by atoms with E-state index in [0.717, 1.165) is 5.56 Å². The molecule has 0 aliphatic heterocycles. The van der Waals surface area contributed by atoms with Crippen LogP contribution >= 0.6 is 0 Å². The molecule has 2 aromatic heterocycles. The number of hydrogen-bond donors (Lipinski definition) is 1. The molecule has 2 rings (SSSR count). The van der Waals surface area contributed by atoms with Gasteiger partial charge >= 0.3 is 0 Å². The first-order valence-electron chi connectivity index (χ1n) is 5.70. The van der Waals surface area contributed by atoms with E-state index in [1.165, 1.54) is 12.3 Å². The van der Waals surface area contributed by atoms with Crippen LogP contribution in [0.25, 0.3) is 0 Å². The van der Waals surface area contributed by atoms with Gasteiger partial charge in [-0.3, -0.25) is 10.1 Å². The molecule has 19 heavy (non-hydrogen) atoms. The zero-order chi connectivity index (χ0) is 13.8. The largest absolute Gasteiger partial charge is 0.369 e. The molecule has 0 unspecified atom stereocenters. The highest BCUT2D eigenvalue weighted by Gasteiger charge is 2.09. The number of pyridine rings is 1. The van der Waals surface area contributed by atoms with Gasteiger partial charge in [0.1, 0.15) is 12.0 Å². The minimum absolute atomic E-state index is 0.0180. The first-order chi connectivity index (χ1) is 9.06. The Hall–Kier alpha value is -2.51. The zero-order valence-corrected chi connectivity index (χ0v) is 10.6. The maximum atomic E-state index is 10.6. The molecule has 2 heterocycles. The Labute approximate surface area is 109 Å². The van der Waals surface area contributed by atoms with E-state index in [0.29, 0.717) is 30.5 Å². The molecule has 2 aromatic rings. The number of anilines is 1. The van der Waals surface area contributed by atoms with Gasteiger partial charge in [-0.1, -0.05) is 5.16 Å². The summed E-state index contributed by atoms with van der Waals surface area (Å²) in [7, 11) is 0. The standard InChI is InChI=1S/C11H13N5O3/c1-7-5-9(16(17)18)6-13-11(7)12-4-3-10-14-8(2)15-19-10/h5-6H,3-4H2,1-2H3,(H,12,13). The molecule has 0 aliphatic rings. The molecular formula is C11H13N5O3. The molecule has 0 bridgehead atoms. The van der Waals surface area contributed by atoms with Gasteiger partial charge in [-0.15, -0.1) is 0 Å². The van der Waals surface area contributed by atoms with Gasteiger partial charge in [0, 0.05) is 19.0 Å². The quantitative estimate of drug-likeness (QED) is 0.645. The van der Waals surface area contributed by atoms with E-state index in [4.69, 9.17) is 4.52 Å². The molecule has 0 spiro atoms. The smallest absolute Gasteiger partial charge is 0.287 e. The Balaban J connectivity index is 1.94. The van der Waals surface area contributed by atoms with Crippen molar-refractivity contribution in [3.63, 3.8) is 0 Å². The molecule has 8 nitrogen and oxygen atoms in total. The van der Waals surface area contributed by atoms with Crippen LogP contribution in [0.2, 0.25) is 0 Å². The van der Waals surface area contributed by atoms with Crippen LogP contribution in [0.1, 0.15) is 17.3 Å². The number of aromatic nitrogens is 3. The highest BCUT2D eigenvalue weighted by Crippen LogP contribution is 2.17. The Bertz CT molecular complexity index is 596. The van der Waals surface area contributed by atoms with Crippen molar-refractivity contribution in [3.05, 3.63) is 39.7 Å². The molecule has 0 saturated carbocycles. The maximum absolute atomic E-state index is 10.6. The molecule has 100 valence electrons. The first kappa shape index (κ1) is 12.9. The SMILES string of the molecule is Cc1noc(CCNc2ncc([N+](=O)[O-])cc2C)n1. The Morgan fingerprint density at radius 2 is 2.26 bits per heavy atom. The van der Waals surface area contributed by atoms with Crippen molar-refractivity contribution in [1.29, 1.82) is 0 Å². The Morgan fingerprint density at radius 1 is 1.47 bits per heavy atom. The van der Waals surface area contributed by atoms with E-state index >= 15 is 0 Å². The van der Waals surface area contributed by atoms with Crippen molar-refractivity contribution in [3.8, 4) is 0 Å². The summed E-state index contributed by atoms with van der Waals surface area (Å²) in [5.74, 6) is 1.76. The van der Waals surface area contributed by atoms with Crippen LogP contribution in [0.15, 0.2) is 16.8 Å². The fourth-order valence-electron chi connectivity index (χ4n) is 1.57. The summed E-state index contributed by atoms with van der Waals surface area (Å²) >= 11 is 0. The molecular weight excluding hydrogens is 250 g/mol. The summed E-state index contributed by atoms with van der Waals surface area (Å²) in [5, 5.41) is 17.3. The van der Waals surface area contributed by atoms with Gasteiger partial charge in [0.15, 0.2) is 5.82 Å². The summed E-state index contributed by atoms with van der Waals surface area (Å²) in [5.41, 5.74) is 0.700. The molecule has 0 atom stereocenters. The van der Waals surface area contributed by atoms with Crippen LogP contribution in [-0.4, -0.2) is 26.6 Å². The molecule has 8 heteroatoms. The summed E-state index contributed by atoms with van der Waals surface area (Å²) in [6.45, 7) is 4.08. The number of nitrogens with one attached hydrogen (secondary N) is 1. The number of rotatable bonds is 5. The average molecular weight is 263 g/mol. The summed E-state index contributed by atoms with van der Waals surface area (Å²) in [6, 6.07) is 1.48. The highest BCUT2D eigenvalue weighted by atomic mass is 16.6. The lowest BCUT2D eigenvalue weighted by atomic mass is 10.2. The Morgan fingerprint density at radius 3 is 2.84 bits per heavy atom. The molecule has 0 radical (unpaired) electrons. The van der Waals surface area contributed by atoms with Gasteiger partial charge in [-0.05, 0) is 19.4 Å². The van der Waals surface area contributed by atoms with Crippen molar-refractivity contribution in [2.24, 2.45) is 0 Å². The second-order valence-corrected chi connectivity index (χ2v) is 4.03. The van der Waals surface area contributed by atoms with Crippen LogP contribution < -0.4 is 5.32 Å². The van der Waals surface area contributed by atoms with Crippen molar-refractivity contribution in [1.82, 2.24) is 15.1 Å². The number of nitrogens with zero attached hydrogens (tertiary/aromatic N) is 4. The number of hydrogen-bond acceptors (Lipinski definition) is 7. The highest BCUT2D eigenvalue weighted by molar-refractivity contribution is 5.48. The van der Waals surface area contributed by atoms with Gasteiger partial charge in [-0.25, -0.2) is 4.98 Å². The second-order valence-electron chi connectivity index (χ2n) is 4.03. The molecule has 1 N–H and O–H groups in total. The molecule has 0 saturated heterocycles. The number of nitro groups is 1. The number of aryl methyl sites for hydroxylation is 2. The summed E-state index contributed by atoms with van der Waals surface area (Å²) in [4.78, 5) is 18.2. The van der Waals surface area contributed by atoms with E-state index in [1.807, 2.05) is 0 Å². The minimum atomic E-state index is -0.467. The molecule has 0 aromatic carbocycles. The topological polar surface area (TPSA) is 107 Å².